The standard InChI is InChI=1S/C11H20NO.W/c1-7-10(4,5)8(2)12-11(7,6)9(3)13;/h8,12H,1-6H3;/q-1;. The molecule has 1 N–H and O–H groups in total. The third kappa shape index (κ3) is 1.84. The first-order valence-electron chi connectivity index (χ1n) is 4.86. The number of hydrogen-bond donors (Lipinski definition) is 1. The van der Waals surface area contributed by atoms with Crippen LogP contribution in [0.1, 0.15) is 41.5 Å². The Labute approximate surface area is 101 Å². The van der Waals surface area contributed by atoms with Crippen LogP contribution in [0.3, 0.4) is 0 Å². The van der Waals surface area contributed by atoms with Gasteiger partial charge in [-0.25, -0.2) is 0 Å². The summed E-state index contributed by atoms with van der Waals surface area (Å²) in [4.78, 5) is 11.5. The Bertz CT molecular complexity index is 239. The van der Waals surface area contributed by atoms with E-state index in [1.54, 1.807) is 6.92 Å². The van der Waals surface area contributed by atoms with Crippen LogP contribution in [0.25, 0.3) is 0 Å². The first-order valence-corrected chi connectivity index (χ1v) is 4.86. The summed E-state index contributed by atoms with van der Waals surface area (Å²) in [6.07, 6.45) is 0. The molecule has 1 saturated heterocycles. The van der Waals surface area contributed by atoms with Crippen LogP contribution in [0.2, 0.25) is 0 Å². The van der Waals surface area contributed by atoms with E-state index in [2.05, 4.69) is 33.0 Å². The molecule has 1 aliphatic heterocycles. The minimum absolute atomic E-state index is 0. The van der Waals surface area contributed by atoms with Gasteiger partial charge in [0.2, 0.25) is 0 Å². The molecule has 2 unspecified atom stereocenters. The molecule has 0 aromatic heterocycles. The number of carbonyl (C=O) groups is 1. The summed E-state index contributed by atoms with van der Waals surface area (Å²) in [6.45, 7) is 12.2. The van der Waals surface area contributed by atoms with Crippen molar-refractivity contribution in [2.24, 2.45) is 5.41 Å². The SMILES string of the molecule is CC(=O)C1(C)NC(C)C(C)(C)[C-]1C.[W]. The fourth-order valence-electron chi connectivity index (χ4n) is 2.06. The molecule has 1 aliphatic rings. The Morgan fingerprint density at radius 3 is 1.93 bits per heavy atom. The van der Waals surface area contributed by atoms with E-state index in [9.17, 15) is 4.79 Å². The van der Waals surface area contributed by atoms with Crippen LogP contribution in [-0.4, -0.2) is 17.4 Å². The number of hydrogen-bond acceptors (Lipinski definition) is 2. The molecule has 0 aliphatic carbocycles. The fourth-order valence-corrected chi connectivity index (χ4v) is 2.06. The van der Waals surface area contributed by atoms with E-state index in [4.69, 9.17) is 0 Å². The first-order chi connectivity index (χ1) is 5.73. The molecule has 2 nitrogen and oxygen atoms in total. The van der Waals surface area contributed by atoms with Gasteiger partial charge < -0.3 is 10.1 Å². The van der Waals surface area contributed by atoms with E-state index >= 15 is 0 Å². The van der Waals surface area contributed by atoms with E-state index in [0.717, 1.165) is 0 Å². The molecule has 0 bridgehead atoms. The summed E-state index contributed by atoms with van der Waals surface area (Å²) < 4.78 is 0. The zero-order chi connectivity index (χ0) is 10.4. The number of rotatable bonds is 1. The van der Waals surface area contributed by atoms with E-state index in [1.807, 2.05) is 6.92 Å². The maximum atomic E-state index is 11.5. The monoisotopic (exact) mass is 366 g/mol. The number of carbonyl (C=O) groups excluding carboxylic acids is 1. The average Bonchev–Trinajstić information content (AvgIpc) is 2.14. The number of ketones is 1. The van der Waals surface area contributed by atoms with Crippen molar-refractivity contribution in [3.63, 3.8) is 0 Å². The van der Waals surface area contributed by atoms with Gasteiger partial charge in [-0.2, -0.15) is 6.92 Å². The Morgan fingerprint density at radius 1 is 1.36 bits per heavy atom. The van der Waals surface area contributed by atoms with Crippen LogP contribution < -0.4 is 5.32 Å². The summed E-state index contributed by atoms with van der Waals surface area (Å²) in [6, 6.07) is 0.362. The van der Waals surface area contributed by atoms with Gasteiger partial charge in [0.25, 0.3) is 0 Å². The predicted octanol–water partition coefficient (Wildman–Crippen LogP) is 1.94. The van der Waals surface area contributed by atoms with E-state index in [1.165, 1.54) is 5.92 Å². The van der Waals surface area contributed by atoms with E-state index in [0.29, 0.717) is 6.04 Å². The van der Waals surface area contributed by atoms with E-state index < -0.39 is 5.54 Å². The minimum Gasteiger partial charge on any atom is -0.333 e. The van der Waals surface area contributed by atoms with Crippen molar-refractivity contribution in [1.82, 2.24) is 5.32 Å². The summed E-state index contributed by atoms with van der Waals surface area (Å²) in [5.74, 6) is 1.46. The van der Waals surface area contributed by atoms with Crippen LogP contribution >= 0.6 is 0 Å². The van der Waals surface area contributed by atoms with Crippen molar-refractivity contribution in [2.45, 2.75) is 53.1 Å². The van der Waals surface area contributed by atoms with Crippen LogP contribution in [0.5, 0.6) is 0 Å². The van der Waals surface area contributed by atoms with Crippen LogP contribution in [0.15, 0.2) is 0 Å². The second kappa shape index (κ2) is 4.06. The second-order valence-electron chi connectivity index (χ2n) is 4.89. The van der Waals surface area contributed by atoms with Crippen molar-refractivity contribution in [1.29, 1.82) is 0 Å². The van der Waals surface area contributed by atoms with Crippen molar-refractivity contribution >= 4 is 5.78 Å². The van der Waals surface area contributed by atoms with Crippen molar-refractivity contribution in [3.05, 3.63) is 5.92 Å². The van der Waals surface area contributed by atoms with Gasteiger partial charge in [0, 0.05) is 21.1 Å². The molecule has 82 valence electrons. The second-order valence-corrected chi connectivity index (χ2v) is 4.89. The Morgan fingerprint density at radius 2 is 1.79 bits per heavy atom. The van der Waals surface area contributed by atoms with Gasteiger partial charge in [-0.05, 0) is 18.5 Å². The predicted molar refractivity (Wildman–Crippen MR) is 54.4 cm³/mol. The Kier molecular flexibility index (Phi) is 4.15. The third-order valence-corrected chi connectivity index (χ3v) is 4.01. The molecule has 0 aromatic rings. The van der Waals surface area contributed by atoms with E-state index in [-0.39, 0.29) is 32.3 Å². The summed E-state index contributed by atoms with van der Waals surface area (Å²) >= 11 is 0. The van der Waals surface area contributed by atoms with Gasteiger partial charge in [0.05, 0.1) is 0 Å². The van der Waals surface area contributed by atoms with Gasteiger partial charge in [0.15, 0.2) is 0 Å². The third-order valence-electron chi connectivity index (χ3n) is 4.01. The topological polar surface area (TPSA) is 29.1 Å². The van der Waals surface area contributed by atoms with Crippen molar-refractivity contribution in [2.75, 3.05) is 0 Å². The number of nitrogens with one attached hydrogen (secondary N) is 1. The van der Waals surface area contributed by atoms with Gasteiger partial charge >= 0.3 is 0 Å². The molecule has 2 atom stereocenters. The van der Waals surface area contributed by atoms with Gasteiger partial charge in [-0.15, -0.1) is 5.41 Å². The van der Waals surface area contributed by atoms with Crippen LogP contribution in [-0.2, 0) is 25.9 Å². The molecule has 1 fully saturated rings. The molecule has 3 heteroatoms. The smallest absolute Gasteiger partial charge is 0.119 e. The number of Topliss-reactive ketones (excluding diaryl/α,β-unsaturated/α-hetero) is 1. The van der Waals surface area contributed by atoms with Gasteiger partial charge in [-0.1, -0.05) is 27.7 Å². The normalized spacial score (nSPS) is 36.6. The fraction of sp³-hybridized carbons (Fsp3) is 0.818. The van der Waals surface area contributed by atoms with Crippen molar-refractivity contribution in [3.8, 4) is 0 Å². The van der Waals surface area contributed by atoms with Gasteiger partial charge in [-0.3, -0.25) is 5.92 Å². The minimum atomic E-state index is -0.414. The summed E-state index contributed by atoms with van der Waals surface area (Å²) in [7, 11) is 0. The average molecular weight is 366 g/mol. The summed E-state index contributed by atoms with van der Waals surface area (Å²) in [5.41, 5.74) is -0.302. The van der Waals surface area contributed by atoms with Crippen molar-refractivity contribution < 1.29 is 25.9 Å². The largest absolute Gasteiger partial charge is 0.333 e. The molecule has 0 saturated carbocycles. The first kappa shape index (κ1) is 14.3. The quantitative estimate of drug-likeness (QED) is 0.719. The van der Waals surface area contributed by atoms with Crippen LogP contribution in [0, 0.1) is 11.3 Å². The molecular weight excluding hydrogens is 346 g/mol. The molecule has 0 spiro atoms. The molecule has 1 rings (SSSR count). The Balaban J connectivity index is 0.00000169. The van der Waals surface area contributed by atoms with Crippen LogP contribution in [0.4, 0.5) is 0 Å². The summed E-state index contributed by atoms with van der Waals surface area (Å²) in [5, 5.41) is 3.38. The molecule has 14 heavy (non-hydrogen) atoms. The molecule has 0 amide bonds. The molecular formula is C11H20NOW-. The maximum absolute atomic E-state index is 11.5. The van der Waals surface area contributed by atoms with Gasteiger partial charge in [0.1, 0.15) is 5.78 Å². The zero-order valence-electron chi connectivity index (χ0n) is 9.89. The maximum Gasteiger partial charge on any atom is 0.119 e. The molecule has 0 radical (unpaired) electrons. The zero-order valence-corrected chi connectivity index (χ0v) is 12.8. The Hall–Kier alpha value is 0.318. The molecule has 1 heterocycles. The molecule has 0 aromatic carbocycles.